The summed E-state index contributed by atoms with van der Waals surface area (Å²) >= 11 is 0. The van der Waals surface area contributed by atoms with Crippen molar-refractivity contribution in [2.45, 2.75) is 191 Å². The number of nitrogens with zero attached hydrogens (tertiary/aromatic N) is 11. The molecule has 4 aromatic carbocycles. The predicted octanol–water partition coefficient (Wildman–Crippen LogP) is 16.7. The summed E-state index contributed by atoms with van der Waals surface area (Å²) in [6.45, 7) is 19.5. The highest BCUT2D eigenvalue weighted by atomic mass is 19.4. The number of hydrogen-bond donors (Lipinski definition) is 1. The summed E-state index contributed by atoms with van der Waals surface area (Å²) in [5, 5.41) is 3.44. The number of nitrogens with one attached hydrogen (secondary N) is 1. The van der Waals surface area contributed by atoms with Crippen LogP contribution in [0.2, 0.25) is 0 Å². The minimum absolute atomic E-state index is 0. The summed E-state index contributed by atoms with van der Waals surface area (Å²) < 4.78 is 226. The van der Waals surface area contributed by atoms with Gasteiger partial charge in [-0.2, -0.15) is 52.7 Å². The van der Waals surface area contributed by atoms with Gasteiger partial charge in [0.2, 0.25) is 0 Å². The zero-order valence-corrected chi connectivity index (χ0v) is 76.5. The van der Waals surface area contributed by atoms with E-state index in [1.54, 1.807) is 129 Å². The van der Waals surface area contributed by atoms with Crippen LogP contribution >= 0.6 is 0 Å². The van der Waals surface area contributed by atoms with Gasteiger partial charge in [0.25, 0.3) is 35.2 Å². The molecule has 8 aliphatic heterocycles. The van der Waals surface area contributed by atoms with Crippen LogP contribution in [-0.2, 0) is 65.4 Å². The molecule has 8 aliphatic rings. The molecule has 724 valence electrons. The van der Waals surface area contributed by atoms with E-state index in [2.05, 4.69) is 15.1 Å². The highest BCUT2D eigenvalue weighted by Gasteiger charge is 2.54. The molecule has 8 aromatic rings. The van der Waals surface area contributed by atoms with Crippen LogP contribution in [0.1, 0.15) is 196 Å². The number of benzene rings is 4. The molecule has 12 heterocycles. The van der Waals surface area contributed by atoms with E-state index in [0.29, 0.717) is 187 Å². The molecule has 1 N–H and O–H groups in total. The van der Waals surface area contributed by atoms with Crippen LogP contribution in [-0.4, -0.2) is 246 Å². The quantitative estimate of drug-likeness (QED) is 0.0574. The van der Waals surface area contributed by atoms with E-state index < -0.39 is 87.1 Å². The van der Waals surface area contributed by atoms with Gasteiger partial charge in [-0.25, -0.2) is 8.78 Å². The Labute approximate surface area is 763 Å². The third kappa shape index (κ3) is 20.4. The van der Waals surface area contributed by atoms with Gasteiger partial charge in [-0.05, 0) is 242 Å². The fourth-order valence-electron chi connectivity index (χ4n) is 20.0. The van der Waals surface area contributed by atoms with Crippen molar-refractivity contribution in [3.63, 3.8) is 0 Å². The minimum Gasteiger partial charge on any atom is -0.496 e. The third-order valence-corrected chi connectivity index (χ3v) is 27.0. The van der Waals surface area contributed by atoms with Crippen molar-refractivity contribution >= 4 is 35.2 Å². The number of carbonyl (C=O) groups excluding carboxylic acids is 6. The van der Waals surface area contributed by atoms with Crippen LogP contribution in [0, 0.1) is 18.6 Å². The van der Waals surface area contributed by atoms with E-state index in [1.807, 2.05) is 53.6 Å². The Kier molecular flexibility index (Phi) is 29.0. The number of carbonyl (C=O) groups is 6. The lowest BCUT2D eigenvalue weighted by Gasteiger charge is -2.53. The van der Waals surface area contributed by atoms with Crippen molar-refractivity contribution in [2.24, 2.45) is 0 Å². The minimum atomic E-state index is -4.92. The number of aryl methyl sites for hydroxylation is 1. The number of likely N-dealkylation sites (tertiary alicyclic amines) is 4. The Morgan fingerprint density at radius 3 is 1.40 bits per heavy atom. The van der Waals surface area contributed by atoms with Crippen molar-refractivity contribution in [3.8, 4) is 28.7 Å². The number of Topliss-reactive ketones (excluding diaryl/α,β-unsaturated/α-hetero) is 2. The van der Waals surface area contributed by atoms with Crippen LogP contribution in [0.4, 0.5) is 61.5 Å². The van der Waals surface area contributed by atoms with Gasteiger partial charge in [0.1, 0.15) is 40.9 Å². The second-order valence-corrected chi connectivity index (χ2v) is 36.3. The molecule has 16 rings (SSSR count). The number of piperidine rings is 4. The summed E-state index contributed by atoms with van der Waals surface area (Å²) in [5.41, 5.74) is -0.438. The van der Waals surface area contributed by atoms with Crippen molar-refractivity contribution in [2.75, 3.05) is 128 Å². The average Bonchev–Trinajstić information content (AvgIpc) is 1.55. The van der Waals surface area contributed by atoms with Gasteiger partial charge in [-0.15, -0.1) is 0 Å². The lowest BCUT2D eigenvalue weighted by Crippen LogP contribution is -2.59. The summed E-state index contributed by atoms with van der Waals surface area (Å²) in [7, 11) is 10.4. The maximum atomic E-state index is 14.8. The number of methoxy groups -OCH3 is 3. The summed E-state index contributed by atoms with van der Waals surface area (Å²) in [5.74, 6) is -3.38. The average molecular weight is 1880 g/mol. The number of likely N-dealkylation sites (N-methyl/N-ethyl adjacent to an activating group) is 3. The number of halogens is 14. The number of rotatable bonds is 15. The topological polar surface area (TPSA) is 212 Å². The number of aromatic nitrogens is 4. The normalized spacial score (nSPS) is 18.9. The Balaban J connectivity index is 0.000000161. The second-order valence-electron chi connectivity index (χ2n) is 36.3. The predicted molar refractivity (Wildman–Crippen MR) is 465 cm³/mol. The van der Waals surface area contributed by atoms with Gasteiger partial charge in [-0.3, -0.25) is 43.5 Å². The maximum absolute atomic E-state index is 14.8. The molecular weight excluding hydrogens is 1770 g/mol. The van der Waals surface area contributed by atoms with Crippen LogP contribution in [0.25, 0.3) is 0 Å². The highest BCUT2D eigenvalue weighted by Crippen LogP contribution is 2.50. The van der Waals surface area contributed by atoms with E-state index in [4.69, 9.17) is 28.4 Å². The van der Waals surface area contributed by atoms with E-state index in [-0.39, 0.29) is 105 Å². The second kappa shape index (κ2) is 38.8. The molecule has 0 saturated carbocycles. The van der Waals surface area contributed by atoms with Gasteiger partial charge in [0, 0.05) is 158 Å². The van der Waals surface area contributed by atoms with Crippen molar-refractivity contribution in [3.05, 3.63) is 206 Å². The molecule has 133 heavy (non-hydrogen) atoms. The van der Waals surface area contributed by atoms with Crippen LogP contribution in [0.3, 0.4) is 0 Å². The molecule has 0 bridgehead atoms. The van der Waals surface area contributed by atoms with E-state index >= 15 is 0 Å². The zero-order chi connectivity index (χ0) is 96.8. The lowest BCUT2D eigenvalue weighted by atomic mass is 9.80. The lowest BCUT2D eigenvalue weighted by molar-refractivity contribution is -0.145. The van der Waals surface area contributed by atoms with Crippen molar-refractivity contribution < 1.29 is 120 Å². The highest BCUT2D eigenvalue weighted by molar-refractivity contribution is 6.00. The Bertz CT molecular complexity index is 5570. The number of alkyl halides is 12. The number of amides is 4. The van der Waals surface area contributed by atoms with Crippen LogP contribution in [0.15, 0.2) is 121 Å². The Hall–Kier alpha value is -11.0. The number of hydrogen-bond acceptors (Lipinski definition) is 16. The smallest absolute Gasteiger partial charge is 0.456 e. The summed E-state index contributed by atoms with van der Waals surface area (Å²) in [6, 6.07) is 30.5. The summed E-state index contributed by atoms with van der Waals surface area (Å²) in [6.07, 6.45) is -15.2. The Morgan fingerprint density at radius 2 is 0.902 bits per heavy atom. The standard InChI is InChI=1S/C24H28F3N3O4.C24H28F3N3O3.C24H30F3N3O3.C23H26F5N3O2.H2/c1-28-13-14-30-19(21(31)24(25,26)27)7-8-20(30)23(28)9-11-29(12-10-23)22(32)17-3-5-18(6-4-17)34-16-15-33-2;1-15-13-17(5-7-19(15)33-4)22(32)29-11-9-23(10-12-29)20-8-6-18(21(31)24(25,26)27)30(20)14-16(2)28(23)3;1-22(2,3)33-17-6-5-16(15-18(17)32-4)21(31)29-12-9-23(10-13-29)19-7-8-20(24(25,26)27)30(19)14-11-28-23;1-14(2)33-18-5-4-15(12-16(18)24)21(32)30-8-6-22(7-9-30)20-17(25)13-19(23(26,27)28)31(20)11-10-29(22)3;/h3-8H,9-16H2,1-2H3;5-8,13,16H,9-12,14H2,1-4H3;5-8,15,28H,9-14H2,1-4H3;4-5,12-14H,6-11H2,1-3H3;1H/t;16-;;;/m.1.../s1. The van der Waals surface area contributed by atoms with Gasteiger partial charge in [0.15, 0.2) is 23.1 Å². The van der Waals surface area contributed by atoms with E-state index in [9.17, 15) is 90.2 Å². The fourth-order valence-corrected chi connectivity index (χ4v) is 20.0. The molecule has 38 heteroatoms. The number of fused-ring (bicyclic) bond motifs is 8. The molecule has 0 unspecified atom stereocenters. The largest absolute Gasteiger partial charge is 0.496 e. The number of ether oxygens (including phenoxy) is 6. The molecule has 4 spiro atoms. The van der Waals surface area contributed by atoms with E-state index in [1.165, 1.54) is 50.0 Å². The van der Waals surface area contributed by atoms with Crippen molar-refractivity contribution in [1.29, 1.82) is 0 Å². The molecule has 1 atom stereocenters. The zero-order valence-electron chi connectivity index (χ0n) is 76.5. The SMILES string of the molecule is CC(C)Oc1ccc(C(=O)N2CCC3(CC2)c2c(F)cc(C(F)(F)F)n2CCN3C)cc1F.COCCOc1ccc(C(=O)N2CCC3(CC2)c2ccc(C(=O)C(F)(F)F)n2CCN3C)cc1.COc1cc(C(=O)N2CCC3(CC2)NCCn2c(C(F)(F)F)ccc23)ccc1OC(C)(C)C.COc1ccc(C(=O)N2CCC3(CC2)c2ccc(C(=O)C(F)(F)F)n2C[C@@H](C)N3C)cc1C.[HH]. The molecule has 0 radical (unpaired) electrons. The first-order valence-corrected chi connectivity index (χ1v) is 44.2. The maximum Gasteiger partial charge on any atom is 0.456 e. The molecule has 4 fully saturated rings. The van der Waals surface area contributed by atoms with Crippen LogP contribution < -0.4 is 29.0 Å². The molecule has 24 nitrogen and oxygen atoms in total. The molecule has 4 aromatic heterocycles. The van der Waals surface area contributed by atoms with Crippen molar-refractivity contribution in [1.82, 2.24) is 57.9 Å². The third-order valence-electron chi connectivity index (χ3n) is 27.0. The first-order valence-electron chi connectivity index (χ1n) is 44.2. The van der Waals surface area contributed by atoms with Gasteiger partial charge >= 0.3 is 24.7 Å². The van der Waals surface area contributed by atoms with E-state index in [0.717, 1.165) is 22.3 Å². The molecule has 0 aliphatic carbocycles. The monoisotopic (exact) mass is 1880 g/mol. The molecule has 4 saturated heterocycles. The van der Waals surface area contributed by atoms with Gasteiger partial charge < -0.3 is 71.6 Å². The molecular formula is C95H114F14N12O12. The molecule has 4 amide bonds. The fraction of sp³-hybridized carbons (Fsp3) is 0.516. The first kappa shape index (κ1) is 99.5. The first-order chi connectivity index (χ1) is 62.5. The van der Waals surface area contributed by atoms with Crippen LogP contribution in [0.5, 0.6) is 28.7 Å². The van der Waals surface area contributed by atoms with Gasteiger partial charge in [0.05, 0.1) is 66.2 Å². The van der Waals surface area contributed by atoms with Gasteiger partial charge in [-0.1, -0.05) is 0 Å². The number of ketones is 2. The summed E-state index contributed by atoms with van der Waals surface area (Å²) in [4.78, 5) is 89.3. The Morgan fingerprint density at radius 1 is 0.451 bits per heavy atom.